The number of hydrogen-bond acceptors (Lipinski definition) is 6. The molecule has 1 aliphatic heterocycles. The summed E-state index contributed by atoms with van der Waals surface area (Å²) in [5, 5.41) is 3.94. The van der Waals surface area contributed by atoms with Crippen molar-refractivity contribution >= 4 is 12.1 Å². The number of nitrogens with zero attached hydrogens (tertiary/aromatic N) is 1. The fraction of sp³-hybridized carbons (Fsp3) is 0.333. The quantitative estimate of drug-likeness (QED) is 0.611. The molecule has 0 unspecified atom stereocenters. The topological polar surface area (TPSA) is 78.4 Å². The first-order valence-electron chi connectivity index (χ1n) is 8.89. The Morgan fingerprint density at radius 1 is 1.21 bits per heavy atom. The maximum absolute atomic E-state index is 11.9. The third kappa shape index (κ3) is 4.73. The fourth-order valence-electron chi connectivity index (χ4n) is 2.64. The standard InChI is InChI=1S/C21H24N2O5/c1-21(2,3)15-5-7-16(8-6-15)26-12-19(24)23-22-11-14-9-17(25-4)20-18(10-14)27-13-28-20/h5-11H,12-13H2,1-4H3,(H,23,24)/b22-11+. The van der Waals surface area contributed by atoms with Gasteiger partial charge in [-0.05, 0) is 35.2 Å². The number of hydrogen-bond donors (Lipinski definition) is 1. The molecular weight excluding hydrogens is 360 g/mol. The van der Waals surface area contributed by atoms with E-state index in [0.717, 1.165) is 0 Å². The number of benzene rings is 2. The van der Waals surface area contributed by atoms with Gasteiger partial charge in [0.05, 0.1) is 13.3 Å². The van der Waals surface area contributed by atoms with E-state index in [-0.39, 0.29) is 24.7 Å². The monoisotopic (exact) mass is 384 g/mol. The molecule has 0 aliphatic carbocycles. The van der Waals surface area contributed by atoms with E-state index in [9.17, 15) is 4.79 Å². The summed E-state index contributed by atoms with van der Waals surface area (Å²) in [4.78, 5) is 11.9. The molecule has 7 heteroatoms. The second-order valence-electron chi connectivity index (χ2n) is 7.31. The molecule has 0 spiro atoms. The molecule has 7 nitrogen and oxygen atoms in total. The van der Waals surface area contributed by atoms with Crippen molar-refractivity contribution in [3.63, 3.8) is 0 Å². The zero-order chi connectivity index (χ0) is 20.1. The predicted octanol–water partition coefficient (Wildman–Crippen LogP) is 3.25. The lowest BCUT2D eigenvalue weighted by atomic mass is 9.87. The Labute approximate surface area is 164 Å². The predicted molar refractivity (Wildman–Crippen MR) is 105 cm³/mol. The summed E-state index contributed by atoms with van der Waals surface area (Å²) in [6.45, 7) is 6.45. The molecule has 2 aromatic carbocycles. The molecule has 0 radical (unpaired) electrons. The number of ether oxygens (including phenoxy) is 4. The van der Waals surface area contributed by atoms with Crippen molar-refractivity contribution < 1.29 is 23.7 Å². The molecule has 0 bridgehead atoms. The third-order valence-corrected chi connectivity index (χ3v) is 4.17. The number of amides is 1. The molecule has 0 aromatic heterocycles. The first-order valence-corrected chi connectivity index (χ1v) is 8.89. The van der Waals surface area contributed by atoms with Crippen LogP contribution in [0, 0.1) is 0 Å². The number of carbonyl (C=O) groups excluding carboxylic acids is 1. The average Bonchev–Trinajstić information content (AvgIpc) is 3.14. The first kappa shape index (κ1) is 19.5. The summed E-state index contributed by atoms with van der Waals surface area (Å²) >= 11 is 0. The van der Waals surface area contributed by atoms with Gasteiger partial charge in [0.1, 0.15) is 5.75 Å². The van der Waals surface area contributed by atoms with E-state index in [1.165, 1.54) is 11.8 Å². The zero-order valence-electron chi connectivity index (χ0n) is 16.4. The minimum absolute atomic E-state index is 0.0715. The van der Waals surface area contributed by atoms with Crippen molar-refractivity contribution in [1.82, 2.24) is 5.43 Å². The molecule has 1 aliphatic rings. The number of carbonyl (C=O) groups is 1. The van der Waals surface area contributed by atoms with E-state index >= 15 is 0 Å². The maximum Gasteiger partial charge on any atom is 0.277 e. The van der Waals surface area contributed by atoms with Crippen molar-refractivity contribution in [2.45, 2.75) is 26.2 Å². The highest BCUT2D eigenvalue weighted by molar-refractivity contribution is 5.84. The van der Waals surface area contributed by atoms with Crippen molar-refractivity contribution in [2.24, 2.45) is 5.10 Å². The lowest BCUT2D eigenvalue weighted by molar-refractivity contribution is -0.123. The molecule has 28 heavy (non-hydrogen) atoms. The molecular formula is C21H24N2O5. The van der Waals surface area contributed by atoms with E-state index in [2.05, 4.69) is 31.3 Å². The molecule has 0 saturated carbocycles. The summed E-state index contributed by atoms with van der Waals surface area (Å²) in [6, 6.07) is 11.2. The molecule has 148 valence electrons. The molecule has 0 saturated heterocycles. The lowest BCUT2D eigenvalue weighted by Crippen LogP contribution is -2.24. The molecule has 1 heterocycles. The largest absolute Gasteiger partial charge is 0.493 e. The van der Waals surface area contributed by atoms with E-state index in [1.54, 1.807) is 19.2 Å². The second-order valence-corrected chi connectivity index (χ2v) is 7.31. The van der Waals surface area contributed by atoms with E-state index in [4.69, 9.17) is 18.9 Å². The van der Waals surface area contributed by atoms with Crippen LogP contribution < -0.4 is 24.4 Å². The average molecular weight is 384 g/mol. The van der Waals surface area contributed by atoms with Crippen LogP contribution in [0.1, 0.15) is 31.9 Å². The van der Waals surface area contributed by atoms with Crippen molar-refractivity contribution in [2.75, 3.05) is 20.5 Å². The van der Waals surface area contributed by atoms with Crippen molar-refractivity contribution in [3.05, 3.63) is 47.5 Å². The summed E-state index contributed by atoms with van der Waals surface area (Å²) in [6.07, 6.45) is 1.50. The Balaban J connectivity index is 1.52. The van der Waals surface area contributed by atoms with Gasteiger partial charge >= 0.3 is 0 Å². The number of rotatable bonds is 6. The Bertz CT molecular complexity index is 870. The summed E-state index contributed by atoms with van der Waals surface area (Å²) in [5.74, 6) is 1.96. The zero-order valence-corrected chi connectivity index (χ0v) is 16.4. The SMILES string of the molecule is COc1cc(/C=N/NC(=O)COc2ccc(C(C)(C)C)cc2)cc2c1OCO2. The smallest absolute Gasteiger partial charge is 0.277 e. The molecule has 1 N–H and O–H groups in total. The van der Waals surface area contributed by atoms with E-state index in [0.29, 0.717) is 28.6 Å². The third-order valence-electron chi connectivity index (χ3n) is 4.17. The van der Waals surface area contributed by atoms with E-state index in [1.807, 2.05) is 24.3 Å². The minimum Gasteiger partial charge on any atom is -0.493 e. The van der Waals surface area contributed by atoms with Crippen LogP contribution in [0.15, 0.2) is 41.5 Å². The van der Waals surface area contributed by atoms with Crippen LogP contribution in [0.3, 0.4) is 0 Å². The molecule has 1 amide bonds. The lowest BCUT2D eigenvalue weighted by Gasteiger charge is -2.19. The Morgan fingerprint density at radius 2 is 1.96 bits per heavy atom. The van der Waals surface area contributed by atoms with Crippen LogP contribution in [0.4, 0.5) is 0 Å². The highest BCUT2D eigenvalue weighted by atomic mass is 16.7. The number of nitrogens with one attached hydrogen (secondary N) is 1. The Morgan fingerprint density at radius 3 is 2.64 bits per heavy atom. The number of methoxy groups -OCH3 is 1. The first-order chi connectivity index (χ1) is 13.4. The van der Waals surface area contributed by atoms with Gasteiger partial charge in [0, 0.05) is 5.56 Å². The minimum atomic E-state index is -0.358. The van der Waals surface area contributed by atoms with Gasteiger partial charge in [-0.3, -0.25) is 4.79 Å². The van der Waals surface area contributed by atoms with Crippen LogP contribution in [-0.2, 0) is 10.2 Å². The summed E-state index contributed by atoms with van der Waals surface area (Å²) in [7, 11) is 1.55. The van der Waals surface area contributed by atoms with Crippen LogP contribution in [-0.4, -0.2) is 32.6 Å². The molecule has 0 fully saturated rings. The van der Waals surface area contributed by atoms with Gasteiger partial charge in [-0.1, -0.05) is 32.9 Å². The van der Waals surface area contributed by atoms with Crippen LogP contribution in [0.25, 0.3) is 0 Å². The molecule has 2 aromatic rings. The molecule has 0 atom stereocenters. The Hall–Kier alpha value is -3.22. The van der Waals surface area contributed by atoms with Gasteiger partial charge in [-0.15, -0.1) is 0 Å². The van der Waals surface area contributed by atoms with Gasteiger partial charge in [0.15, 0.2) is 18.1 Å². The highest BCUT2D eigenvalue weighted by Gasteiger charge is 2.19. The maximum atomic E-state index is 11.9. The van der Waals surface area contributed by atoms with Crippen LogP contribution in [0.5, 0.6) is 23.0 Å². The van der Waals surface area contributed by atoms with Gasteiger partial charge in [-0.25, -0.2) is 5.43 Å². The normalized spacial score (nSPS) is 12.9. The van der Waals surface area contributed by atoms with Gasteiger partial charge in [-0.2, -0.15) is 5.10 Å². The van der Waals surface area contributed by atoms with Crippen LogP contribution in [0.2, 0.25) is 0 Å². The fourth-order valence-corrected chi connectivity index (χ4v) is 2.64. The second kappa shape index (κ2) is 8.21. The summed E-state index contributed by atoms with van der Waals surface area (Å²) in [5.41, 5.74) is 4.42. The number of hydrazone groups is 1. The molecule has 3 rings (SSSR count). The van der Waals surface area contributed by atoms with Crippen molar-refractivity contribution in [1.29, 1.82) is 0 Å². The van der Waals surface area contributed by atoms with Gasteiger partial charge < -0.3 is 18.9 Å². The van der Waals surface area contributed by atoms with Crippen molar-refractivity contribution in [3.8, 4) is 23.0 Å². The van der Waals surface area contributed by atoms with Crippen LogP contribution >= 0.6 is 0 Å². The van der Waals surface area contributed by atoms with Gasteiger partial charge in [0.25, 0.3) is 5.91 Å². The van der Waals surface area contributed by atoms with E-state index < -0.39 is 0 Å². The van der Waals surface area contributed by atoms with Gasteiger partial charge in [0.2, 0.25) is 12.5 Å². The highest BCUT2D eigenvalue weighted by Crippen LogP contribution is 2.41. The Kier molecular flexibility index (Phi) is 5.73. The number of fused-ring (bicyclic) bond motifs is 1. The summed E-state index contributed by atoms with van der Waals surface area (Å²) < 4.78 is 21.5.